The third-order valence-corrected chi connectivity index (χ3v) is 2.70. The number of nitrogens with two attached hydrogens (primary N) is 1. The van der Waals surface area contributed by atoms with Crippen molar-refractivity contribution in [2.75, 3.05) is 13.7 Å². The molecule has 0 aliphatic carbocycles. The van der Waals surface area contributed by atoms with Crippen molar-refractivity contribution < 1.29 is 9.53 Å². The number of hydrogen-bond acceptors (Lipinski definition) is 3. The summed E-state index contributed by atoms with van der Waals surface area (Å²) in [4.78, 5) is 11.6. The van der Waals surface area contributed by atoms with Gasteiger partial charge in [0, 0.05) is 19.8 Å². The zero-order valence-corrected chi connectivity index (χ0v) is 10.2. The van der Waals surface area contributed by atoms with E-state index in [1.54, 1.807) is 7.11 Å². The molecule has 0 aromatic carbocycles. The number of methoxy groups -OCH3 is 1. The highest BCUT2D eigenvalue weighted by atomic mass is 16.5. The van der Waals surface area contributed by atoms with Crippen molar-refractivity contribution in [1.82, 2.24) is 5.32 Å². The van der Waals surface area contributed by atoms with Gasteiger partial charge in [0.15, 0.2) is 0 Å². The summed E-state index contributed by atoms with van der Waals surface area (Å²) in [6.07, 6.45) is 1.73. The van der Waals surface area contributed by atoms with Crippen LogP contribution in [0.4, 0.5) is 0 Å². The fourth-order valence-corrected chi connectivity index (χ4v) is 1.22. The summed E-state index contributed by atoms with van der Waals surface area (Å²) in [5.41, 5.74) is 5.80. The van der Waals surface area contributed by atoms with E-state index in [1.165, 1.54) is 0 Å². The number of carbonyl (C=O) groups excluding carboxylic acids is 1. The lowest BCUT2D eigenvalue weighted by atomic mass is 9.99. The van der Waals surface area contributed by atoms with Crippen LogP contribution in [0.5, 0.6) is 0 Å². The van der Waals surface area contributed by atoms with Crippen molar-refractivity contribution in [3.05, 3.63) is 0 Å². The maximum Gasteiger partial charge on any atom is 0.237 e. The standard InChI is InChI=1S/C11H24N2O2/c1-5-8(2)10(12)11(14)13-9(3)6-7-15-4/h8-10H,5-7,12H2,1-4H3,(H,13,14)/t8-,9?,10-/m0/s1. The van der Waals surface area contributed by atoms with Crippen molar-refractivity contribution in [2.24, 2.45) is 11.7 Å². The van der Waals surface area contributed by atoms with Gasteiger partial charge in [0.1, 0.15) is 0 Å². The van der Waals surface area contributed by atoms with Crippen molar-refractivity contribution in [1.29, 1.82) is 0 Å². The Bertz CT molecular complexity index is 185. The second kappa shape index (κ2) is 7.65. The Hall–Kier alpha value is -0.610. The van der Waals surface area contributed by atoms with Gasteiger partial charge in [-0.05, 0) is 19.3 Å². The Labute approximate surface area is 92.6 Å². The van der Waals surface area contributed by atoms with Crippen molar-refractivity contribution >= 4 is 5.91 Å². The number of amides is 1. The first-order valence-electron chi connectivity index (χ1n) is 5.57. The van der Waals surface area contributed by atoms with Gasteiger partial charge in [-0.25, -0.2) is 0 Å². The Morgan fingerprint density at radius 2 is 2.07 bits per heavy atom. The summed E-state index contributed by atoms with van der Waals surface area (Å²) in [6.45, 7) is 6.64. The van der Waals surface area contributed by atoms with E-state index in [4.69, 9.17) is 10.5 Å². The molecule has 4 heteroatoms. The molecule has 0 saturated heterocycles. The average molecular weight is 216 g/mol. The van der Waals surface area contributed by atoms with Crippen molar-refractivity contribution in [2.45, 2.75) is 45.7 Å². The molecule has 4 nitrogen and oxygen atoms in total. The minimum Gasteiger partial charge on any atom is -0.385 e. The zero-order chi connectivity index (χ0) is 11.8. The van der Waals surface area contributed by atoms with E-state index < -0.39 is 6.04 Å². The monoisotopic (exact) mass is 216 g/mol. The van der Waals surface area contributed by atoms with E-state index in [0.717, 1.165) is 12.8 Å². The molecule has 0 radical (unpaired) electrons. The Kier molecular flexibility index (Phi) is 7.34. The van der Waals surface area contributed by atoms with Crippen LogP contribution in [0.25, 0.3) is 0 Å². The smallest absolute Gasteiger partial charge is 0.237 e. The number of rotatable bonds is 7. The van der Waals surface area contributed by atoms with E-state index >= 15 is 0 Å². The highest BCUT2D eigenvalue weighted by molar-refractivity contribution is 5.82. The molecule has 0 fully saturated rings. The molecule has 90 valence electrons. The van der Waals surface area contributed by atoms with Crippen LogP contribution in [0.3, 0.4) is 0 Å². The molecule has 1 unspecified atom stereocenters. The molecule has 3 N–H and O–H groups in total. The van der Waals surface area contributed by atoms with Gasteiger partial charge in [-0.1, -0.05) is 20.3 Å². The quantitative estimate of drug-likeness (QED) is 0.664. The number of carbonyl (C=O) groups is 1. The molecular formula is C11H24N2O2. The molecule has 0 heterocycles. The molecule has 0 aromatic rings. The Balaban J connectivity index is 3.90. The predicted molar refractivity (Wildman–Crippen MR) is 61.5 cm³/mol. The van der Waals surface area contributed by atoms with Crippen LogP contribution in [-0.2, 0) is 9.53 Å². The minimum atomic E-state index is -0.403. The number of hydrogen-bond donors (Lipinski definition) is 2. The summed E-state index contributed by atoms with van der Waals surface area (Å²) in [7, 11) is 1.65. The molecule has 0 bridgehead atoms. The molecule has 0 spiro atoms. The molecule has 0 aliphatic rings. The highest BCUT2D eigenvalue weighted by Gasteiger charge is 2.20. The van der Waals surface area contributed by atoms with Crippen LogP contribution in [0.1, 0.15) is 33.6 Å². The van der Waals surface area contributed by atoms with Gasteiger partial charge in [0.05, 0.1) is 6.04 Å². The maximum absolute atomic E-state index is 11.6. The van der Waals surface area contributed by atoms with Crippen LogP contribution >= 0.6 is 0 Å². The van der Waals surface area contributed by atoms with Crippen LogP contribution in [0, 0.1) is 5.92 Å². The summed E-state index contributed by atoms with van der Waals surface area (Å²) >= 11 is 0. The average Bonchev–Trinajstić information content (AvgIpc) is 2.23. The lowest BCUT2D eigenvalue weighted by Gasteiger charge is -2.20. The van der Waals surface area contributed by atoms with Gasteiger partial charge >= 0.3 is 0 Å². The topological polar surface area (TPSA) is 64.4 Å². The predicted octanol–water partition coefficient (Wildman–Crippen LogP) is 0.901. The van der Waals surface area contributed by atoms with Gasteiger partial charge < -0.3 is 15.8 Å². The minimum absolute atomic E-state index is 0.0621. The van der Waals surface area contributed by atoms with Crippen molar-refractivity contribution in [3.63, 3.8) is 0 Å². The molecule has 1 amide bonds. The summed E-state index contributed by atoms with van der Waals surface area (Å²) in [5, 5.41) is 2.89. The number of nitrogens with one attached hydrogen (secondary N) is 1. The van der Waals surface area contributed by atoms with Gasteiger partial charge in [-0.3, -0.25) is 4.79 Å². The van der Waals surface area contributed by atoms with Crippen LogP contribution in [0.2, 0.25) is 0 Å². The fourth-order valence-electron chi connectivity index (χ4n) is 1.22. The summed E-state index contributed by atoms with van der Waals surface area (Å²) in [6, 6.07) is -0.285. The van der Waals surface area contributed by atoms with E-state index in [1.807, 2.05) is 20.8 Å². The molecule has 0 aliphatic heterocycles. The Morgan fingerprint density at radius 1 is 1.47 bits per heavy atom. The van der Waals surface area contributed by atoms with Crippen LogP contribution in [0.15, 0.2) is 0 Å². The second-order valence-electron chi connectivity index (χ2n) is 4.10. The lowest BCUT2D eigenvalue weighted by Crippen LogP contribution is -2.47. The van der Waals surface area contributed by atoms with E-state index in [-0.39, 0.29) is 17.9 Å². The molecule has 0 rings (SSSR count). The summed E-state index contributed by atoms with van der Waals surface area (Å²) < 4.78 is 4.94. The second-order valence-corrected chi connectivity index (χ2v) is 4.10. The first kappa shape index (κ1) is 14.4. The van der Waals surface area contributed by atoms with Gasteiger partial charge in [-0.15, -0.1) is 0 Å². The first-order valence-corrected chi connectivity index (χ1v) is 5.57. The van der Waals surface area contributed by atoms with Gasteiger partial charge in [0.25, 0.3) is 0 Å². The third kappa shape index (κ3) is 5.74. The molecular weight excluding hydrogens is 192 g/mol. The number of ether oxygens (including phenoxy) is 1. The van der Waals surface area contributed by atoms with E-state index in [9.17, 15) is 4.79 Å². The SMILES string of the molecule is CC[C@H](C)[C@H](N)C(=O)NC(C)CCOC. The first-order chi connectivity index (χ1) is 7.02. The maximum atomic E-state index is 11.6. The normalized spacial score (nSPS) is 16.9. The van der Waals surface area contributed by atoms with Gasteiger partial charge in [0.2, 0.25) is 5.91 Å². The van der Waals surface area contributed by atoms with Gasteiger partial charge in [-0.2, -0.15) is 0 Å². The van der Waals surface area contributed by atoms with Crippen LogP contribution in [-0.4, -0.2) is 31.7 Å². The Morgan fingerprint density at radius 3 is 2.53 bits per heavy atom. The largest absolute Gasteiger partial charge is 0.385 e. The summed E-state index contributed by atoms with van der Waals surface area (Å²) in [5.74, 6) is 0.160. The molecule has 0 aromatic heterocycles. The highest BCUT2D eigenvalue weighted by Crippen LogP contribution is 2.05. The lowest BCUT2D eigenvalue weighted by molar-refractivity contribution is -0.124. The fraction of sp³-hybridized carbons (Fsp3) is 0.909. The molecule has 0 saturated carbocycles. The molecule has 15 heavy (non-hydrogen) atoms. The zero-order valence-electron chi connectivity index (χ0n) is 10.2. The van der Waals surface area contributed by atoms with Crippen LogP contribution < -0.4 is 11.1 Å². The molecule has 3 atom stereocenters. The van der Waals surface area contributed by atoms with Crippen molar-refractivity contribution in [3.8, 4) is 0 Å². The third-order valence-electron chi connectivity index (χ3n) is 2.70. The van der Waals surface area contributed by atoms with E-state index in [2.05, 4.69) is 5.32 Å². The van der Waals surface area contributed by atoms with E-state index in [0.29, 0.717) is 6.61 Å².